The van der Waals surface area contributed by atoms with Gasteiger partial charge in [0.25, 0.3) is 11.4 Å². The van der Waals surface area contributed by atoms with Crippen molar-refractivity contribution in [1.29, 1.82) is 0 Å². The minimum absolute atomic E-state index is 0. The third-order valence-electron chi connectivity index (χ3n) is 3.44. The van der Waals surface area contributed by atoms with Crippen molar-refractivity contribution in [2.45, 2.75) is 0 Å². The Balaban J connectivity index is 0.00000169. The number of pyridine rings is 2. The van der Waals surface area contributed by atoms with Crippen molar-refractivity contribution in [1.82, 2.24) is 9.97 Å². The molecule has 0 amide bonds. The normalized spacial score (nSPS) is 9.54. The van der Waals surface area contributed by atoms with Gasteiger partial charge in [-0.2, -0.15) is 0 Å². The highest BCUT2D eigenvalue weighted by Gasteiger charge is 2.21. The first kappa shape index (κ1) is 20.9. The molecule has 3 rings (SSSR count). The summed E-state index contributed by atoms with van der Waals surface area (Å²) in [6.45, 7) is 0. The van der Waals surface area contributed by atoms with Gasteiger partial charge >= 0.3 is 0 Å². The second kappa shape index (κ2) is 8.84. The third kappa shape index (κ3) is 4.29. The zero-order chi connectivity index (χ0) is 17.1. The molecule has 0 aliphatic rings. The van der Waals surface area contributed by atoms with Crippen LogP contribution in [-0.4, -0.2) is 19.8 Å². The Morgan fingerprint density at radius 3 is 2.04 bits per heavy atom. The van der Waals surface area contributed by atoms with Crippen LogP contribution < -0.4 is 0 Å². The molecule has 10 heteroatoms. The number of hydrogen-bond donors (Lipinski definition) is 0. The van der Waals surface area contributed by atoms with Gasteiger partial charge in [0.05, 0.1) is 27.2 Å². The van der Waals surface area contributed by atoms with Crippen molar-refractivity contribution >= 4 is 36.2 Å². The molecule has 134 valence electrons. The Kier molecular flexibility index (Phi) is 7.12. The quantitative estimate of drug-likeness (QED) is 0.476. The van der Waals surface area contributed by atoms with Crippen molar-refractivity contribution in [2.75, 3.05) is 0 Å². The van der Waals surface area contributed by atoms with Crippen molar-refractivity contribution in [3.8, 4) is 22.4 Å². The maximum atomic E-state index is 11.3. The van der Waals surface area contributed by atoms with Gasteiger partial charge in [-0.25, -0.2) is 0 Å². The van der Waals surface area contributed by atoms with E-state index in [2.05, 4.69) is 9.97 Å². The highest BCUT2D eigenvalue weighted by atomic mass is 35.5. The molecule has 0 bridgehead atoms. The van der Waals surface area contributed by atoms with E-state index in [1.807, 2.05) is 12.1 Å². The van der Waals surface area contributed by atoms with Crippen LogP contribution in [0.25, 0.3) is 22.4 Å². The summed E-state index contributed by atoms with van der Waals surface area (Å²) in [5.74, 6) is 0. The molecule has 0 saturated carbocycles. The summed E-state index contributed by atoms with van der Waals surface area (Å²) in [7, 11) is 0. The topological polar surface area (TPSA) is 112 Å². The van der Waals surface area contributed by atoms with E-state index in [0.29, 0.717) is 5.69 Å². The van der Waals surface area contributed by atoms with Gasteiger partial charge < -0.3 is 0 Å². The van der Waals surface area contributed by atoms with Crippen molar-refractivity contribution in [3.63, 3.8) is 0 Å². The first-order chi connectivity index (χ1) is 11.6. The van der Waals surface area contributed by atoms with E-state index in [1.54, 1.807) is 24.5 Å². The summed E-state index contributed by atoms with van der Waals surface area (Å²) in [6.07, 6.45) is 4.82. The van der Waals surface area contributed by atoms with Gasteiger partial charge in [0.15, 0.2) is 0 Å². The molecule has 0 spiro atoms. The number of hydrogen-bond acceptors (Lipinski definition) is 6. The zero-order valence-corrected chi connectivity index (χ0v) is 14.6. The van der Waals surface area contributed by atoms with E-state index in [1.165, 1.54) is 18.3 Å². The Bertz CT molecular complexity index is 939. The lowest BCUT2D eigenvalue weighted by molar-refractivity contribution is -0.393. The van der Waals surface area contributed by atoms with Crippen molar-refractivity contribution in [2.24, 2.45) is 0 Å². The number of rotatable bonds is 4. The third-order valence-corrected chi connectivity index (χ3v) is 3.44. The molecule has 2 heterocycles. The molecule has 0 aliphatic heterocycles. The molecule has 26 heavy (non-hydrogen) atoms. The van der Waals surface area contributed by atoms with E-state index >= 15 is 0 Å². The first-order valence-electron chi connectivity index (χ1n) is 6.86. The Morgan fingerprint density at radius 2 is 1.42 bits per heavy atom. The van der Waals surface area contributed by atoms with Crippen LogP contribution in [0.1, 0.15) is 0 Å². The van der Waals surface area contributed by atoms with Crippen LogP contribution >= 0.6 is 24.8 Å². The molecule has 8 nitrogen and oxygen atoms in total. The van der Waals surface area contributed by atoms with Crippen LogP contribution in [0.2, 0.25) is 0 Å². The van der Waals surface area contributed by atoms with E-state index < -0.39 is 9.85 Å². The number of aromatic nitrogens is 2. The fourth-order valence-corrected chi connectivity index (χ4v) is 2.30. The summed E-state index contributed by atoms with van der Waals surface area (Å²) in [5, 5.41) is 22.1. The Morgan fingerprint density at radius 1 is 0.769 bits per heavy atom. The zero-order valence-electron chi connectivity index (χ0n) is 13.0. The fraction of sp³-hybridized carbons (Fsp3) is 0. The molecule has 2 aromatic heterocycles. The van der Waals surface area contributed by atoms with E-state index in [4.69, 9.17) is 0 Å². The molecular formula is C16H12Cl2N4O4. The fourth-order valence-electron chi connectivity index (χ4n) is 2.30. The average molecular weight is 395 g/mol. The number of non-ortho nitro benzene ring substituents is 1. The average Bonchev–Trinajstić information content (AvgIpc) is 2.62. The standard InChI is InChI=1S/C16H10N4O4.2ClH/c21-19(22)13-1-2-14(16(10-13)20(23)24)15-9-12(5-8-18-15)11-3-6-17-7-4-11;;/h1-10H;2*1H. The highest BCUT2D eigenvalue weighted by Crippen LogP contribution is 2.33. The van der Waals surface area contributed by atoms with Crippen LogP contribution in [0.5, 0.6) is 0 Å². The van der Waals surface area contributed by atoms with Gasteiger partial charge in [-0.15, -0.1) is 24.8 Å². The van der Waals surface area contributed by atoms with Gasteiger partial charge in [0.2, 0.25) is 0 Å². The van der Waals surface area contributed by atoms with Crippen LogP contribution in [0.3, 0.4) is 0 Å². The van der Waals surface area contributed by atoms with E-state index in [9.17, 15) is 20.2 Å². The maximum Gasteiger partial charge on any atom is 0.285 e. The molecule has 0 N–H and O–H groups in total. The number of nitro groups is 2. The number of halogens is 2. The summed E-state index contributed by atoms with van der Waals surface area (Å²) >= 11 is 0. The van der Waals surface area contributed by atoms with Crippen molar-refractivity contribution in [3.05, 3.63) is 81.3 Å². The summed E-state index contributed by atoms with van der Waals surface area (Å²) in [5.41, 5.74) is 1.60. The largest absolute Gasteiger partial charge is 0.285 e. The van der Waals surface area contributed by atoms with E-state index in [-0.39, 0.29) is 41.8 Å². The SMILES string of the molecule is Cl.Cl.O=[N+]([O-])c1ccc(-c2cc(-c3ccncc3)ccn2)c([N+](=O)[O-])c1. The van der Waals surface area contributed by atoms with Gasteiger partial charge in [-0.05, 0) is 41.5 Å². The summed E-state index contributed by atoms with van der Waals surface area (Å²) < 4.78 is 0. The lowest BCUT2D eigenvalue weighted by Crippen LogP contribution is -1.96. The molecule has 0 radical (unpaired) electrons. The Hall–Kier alpha value is -3.10. The molecule has 1 aromatic carbocycles. The lowest BCUT2D eigenvalue weighted by Gasteiger charge is -2.06. The minimum Gasteiger partial charge on any atom is -0.265 e. The molecule has 0 aliphatic carbocycles. The number of nitrogens with zero attached hydrogens (tertiary/aromatic N) is 4. The van der Waals surface area contributed by atoms with Crippen LogP contribution in [-0.2, 0) is 0 Å². The summed E-state index contributed by atoms with van der Waals surface area (Å²) in [6, 6.07) is 10.6. The monoisotopic (exact) mass is 394 g/mol. The number of nitro benzene ring substituents is 2. The number of benzene rings is 1. The molecule has 0 atom stereocenters. The van der Waals surface area contributed by atoms with E-state index in [0.717, 1.165) is 17.2 Å². The van der Waals surface area contributed by atoms with Gasteiger partial charge in [-0.1, -0.05) is 0 Å². The highest BCUT2D eigenvalue weighted by molar-refractivity contribution is 5.85. The minimum atomic E-state index is -0.669. The smallest absolute Gasteiger partial charge is 0.265 e. The van der Waals surface area contributed by atoms with Crippen LogP contribution in [0.4, 0.5) is 11.4 Å². The molecule has 0 fully saturated rings. The van der Waals surface area contributed by atoms with Gasteiger partial charge in [-0.3, -0.25) is 30.2 Å². The lowest BCUT2D eigenvalue weighted by atomic mass is 10.0. The molecular weight excluding hydrogens is 383 g/mol. The predicted molar refractivity (Wildman–Crippen MR) is 101 cm³/mol. The first-order valence-corrected chi connectivity index (χ1v) is 6.86. The molecule has 0 unspecified atom stereocenters. The van der Waals surface area contributed by atoms with Crippen molar-refractivity contribution < 1.29 is 9.85 Å². The van der Waals surface area contributed by atoms with Crippen LogP contribution in [0.15, 0.2) is 61.1 Å². The van der Waals surface area contributed by atoms with Gasteiger partial charge in [0.1, 0.15) is 0 Å². The second-order valence-corrected chi connectivity index (χ2v) is 4.88. The molecule has 3 aromatic rings. The summed E-state index contributed by atoms with van der Waals surface area (Å²) in [4.78, 5) is 28.9. The maximum absolute atomic E-state index is 11.3. The Labute approximate surface area is 160 Å². The molecule has 0 saturated heterocycles. The van der Waals surface area contributed by atoms with Gasteiger partial charge in [0, 0.05) is 24.7 Å². The second-order valence-electron chi connectivity index (χ2n) is 4.88. The predicted octanol–water partition coefficient (Wildman–Crippen LogP) is 4.47. The van der Waals surface area contributed by atoms with Crippen LogP contribution in [0, 0.1) is 20.2 Å².